The Morgan fingerprint density at radius 1 is 1.04 bits per heavy atom. The minimum atomic E-state index is -1.27. The summed E-state index contributed by atoms with van der Waals surface area (Å²) in [5.74, 6) is 1.09. The maximum atomic E-state index is 12.6. The number of fused-ring (bicyclic) bond motifs is 4. The Balaban J connectivity index is 1.10. The van der Waals surface area contributed by atoms with E-state index >= 15 is 0 Å². The molecule has 50 heavy (non-hydrogen) atoms. The number of carbonyl (C=O) groups is 2. The summed E-state index contributed by atoms with van der Waals surface area (Å²) in [6.45, 7) is 19.0. The fraction of sp³-hybridized carbons (Fsp3) is 0.950. The van der Waals surface area contributed by atoms with E-state index in [0.29, 0.717) is 38.0 Å². The number of aliphatic hydroxyl groups excluding tert-OH is 1. The molecule has 7 fully saturated rings. The van der Waals surface area contributed by atoms with Gasteiger partial charge in [-0.25, -0.2) is 0 Å². The van der Waals surface area contributed by atoms with Crippen LogP contribution in [0.2, 0.25) is 0 Å². The highest BCUT2D eigenvalue weighted by Crippen LogP contribution is 2.89. The molecule has 2 aliphatic heterocycles. The van der Waals surface area contributed by atoms with Crippen molar-refractivity contribution in [3.63, 3.8) is 0 Å². The number of rotatable bonds is 7. The van der Waals surface area contributed by atoms with Crippen LogP contribution in [0.15, 0.2) is 0 Å². The zero-order valence-electron chi connectivity index (χ0n) is 32.5. The quantitative estimate of drug-likeness (QED) is 0.366. The number of amides is 1. The number of hydrogen-bond acceptors (Lipinski definition) is 9. The topological polar surface area (TPSA) is 118 Å². The maximum Gasteiger partial charge on any atom is 0.303 e. The Hall–Kier alpha value is -1.30. The van der Waals surface area contributed by atoms with Crippen LogP contribution in [0.25, 0.3) is 0 Å². The maximum absolute atomic E-state index is 12.6. The van der Waals surface area contributed by atoms with Crippen molar-refractivity contribution in [1.29, 1.82) is 0 Å². The minimum absolute atomic E-state index is 0.0184. The first-order valence-electron chi connectivity index (χ1n) is 19.7. The number of carbonyl (C=O) groups excluding carboxylic acids is 2. The minimum Gasteiger partial charge on any atom is -0.457 e. The van der Waals surface area contributed by atoms with Gasteiger partial charge in [-0.1, -0.05) is 34.6 Å². The zero-order chi connectivity index (χ0) is 36.4. The van der Waals surface area contributed by atoms with E-state index in [-0.39, 0.29) is 63.3 Å². The molecule has 2 N–H and O–H groups in total. The van der Waals surface area contributed by atoms with Crippen LogP contribution in [0, 0.1) is 50.7 Å². The van der Waals surface area contributed by atoms with Crippen LogP contribution in [-0.4, -0.2) is 115 Å². The lowest BCUT2D eigenvalue weighted by atomic mass is 9.41. The Labute approximate surface area is 300 Å². The molecule has 14 atom stereocenters. The summed E-state index contributed by atoms with van der Waals surface area (Å²) in [5.41, 5.74) is -1.17. The lowest BCUT2D eigenvalue weighted by molar-refractivity contribution is -0.248. The van der Waals surface area contributed by atoms with Gasteiger partial charge < -0.3 is 34.1 Å². The van der Waals surface area contributed by atoms with Crippen LogP contribution >= 0.6 is 0 Å². The van der Waals surface area contributed by atoms with Crippen molar-refractivity contribution in [3.8, 4) is 0 Å². The van der Waals surface area contributed by atoms with Gasteiger partial charge >= 0.3 is 5.97 Å². The number of hydrogen-bond donors (Lipinski definition) is 2. The summed E-state index contributed by atoms with van der Waals surface area (Å²) >= 11 is 0. The van der Waals surface area contributed by atoms with Gasteiger partial charge in [0.1, 0.15) is 0 Å². The SMILES string of the molecule is CC(=O)O[C@@H]([C@H]1C[C@@H](C)[C@H]2[C@H](O1)[C@H](O)[C@@]1(C)[C@@H]3CC[C@H]4C(C)(C)[C@@H](O[C@H]5CN(CC(=O)N(C)C)CCO5)CC[C@@]45C[C@@]35CC[C@]21C)C(C)(C)O. The predicted octanol–water partition coefficient (Wildman–Crippen LogP) is 4.63. The zero-order valence-corrected chi connectivity index (χ0v) is 32.5. The van der Waals surface area contributed by atoms with Gasteiger partial charge in [-0.15, -0.1) is 0 Å². The Bertz CT molecular complexity index is 1350. The average Bonchev–Trinajstić information content (AvgIpc) is 3.65. The molecule has 7 aliphatic rings. The molecule has 5 aliphatic carbocycles. The van der Waals surface area contributed by atoms with Crippen molar-refractivity contribution >= 4 is 11.9 Å². The molecule has 0 unspecified atom stereocenters. The summed E-state index contributed by atoms with van der Waals surface area (Å²) < 4.78 is 25.5. The van der Waals surface area contributed by atoms with Crippen LogP contribution in [-0.2, 0) is 28.5 Å². The summed E-state index contributed by atoms with van der Waals surface area (Å²) in [5, 5.41) is 23.6. The van der Waals surface area contributed by atoms with E-state index in [0.717, 1.165) is 38.6 Å². The van der Waals surface area contributed by atoms with Crippen LogP contribution in [0.4, 0.5) is 0 Å². The van der Waals surface area contributed by atoms with E-state index in [1.54, 1.807) is 32.8 Å². The Kier molecular flexibility index (Phi) is 8.97. The molecule has 10 nitrogen and oxygen atoms in total. The molecule has 0 aromatic heterocycles. The average molecular weight is 703 g/mol. The second-order valence-corrected chi connectivity index (χ2v) is 19.7. The molecular formula is C40H66N2O8. The second-order valence-electron chi connectivity index (χ2n) is 19.7. The fourth-order valence-electron chi connectivity index (χ4n) is 14.0. The van der Waals surface area contributed by atoms with E-state index in [4.69, 9.17) is 18.9 Å². The largest absolute Gasteiger partial charge is 0.457 e. The van der Waals surface area contributed by atoms with Crippen molar-refractivity contribution in [3.05, 3.63) is 0 Å². The van der Waals surface area contributed by atoms with E-state index in [2.05, 4.69) is 39.5 Å². The van der Waals surface area contributed by atoms with Gasteiger partial charge in [0.25, 0.3) is 0 Å². The molecule has 7 rings (SSSR count). The van der Waals surface area contributed by atoms with Crippen LogP contribution in [0.1, 0.15) is 107 Å². The van der Waals surface area contributed by atoms with Crippen molar-refractivity contribution in [2.45, 2.75) is 149 Å². The molecule has 0 aromatic rings. The van der Waals surface area contributed by atoms with Crippen molar-refractivity contribution in [2.75, 3.05) is 40.3 Å². The third kappa shape index (κ3) is 5.22. The van der Waals surface area contributed by atoms with Gasteiger partial charge in [-0.2, -0.15) is 0 Å². The molecule has 1 amide bonds. The van der Waals surface area contributed by atoms with Gasteiger partial charge in [-0.05, 0) is 111 Å². The normalized spacial score (nSPS) is 48.6. The molecule has 0 bridgehead atoms. The summed E-state index contributed by atoms with van der Waals surface area (Å²) in [7, 11) is 3.60. The third-order valence-electron chi connectivity index (χ3n) is 16.4. The Morgan fingerprint density at radius 3 is 2.38 bits per heavy atom. The Morgan fingerprint density at radius 2 is 1.72 bits per heavy atom. The molecule has 2 saturated heterocycles. The number of likely N-dealkylation sites (N-methyl/N-ethyl adjacent to an activating group) is 1. The van der Waals surface area contributed by atoms with Gasteiger partial charge in [0, 0.05) is 33.0 Å². The molecule has 2 spiro atoms. The van der Waals surface area contributed by atoms with E-state index in [9.17, 15) is 19.8 Å². The van der Waals surface area contributed by atoms with Crippen molar-refractivity contribution < 1.29 is 38.7 Å². The highest BCUT2D eigenvalue weighted by molar-refractivity contribution is 5.77. The first kappa shape index (κ1) is 37.0. The number of esters is 1. The van der Waals surface area contributed by atoms with Gasteiger partial charge in [0.2, 0.25) is 5.91 Å². The summed E-state index contributed by atoms with van der Waals surface area (Å²) in [4.78, 5) is 28.3. The lowest BCUT2D eigenvalue weighted by Gasteiger charge is -2.64. The lowest BCUT2D eigenvalue weighted by Crippen LogP contribution is -2.60. The highest BCUT2D eigenvalue weighted by atomic mass is 16.7. The number of ether oxygens (including phenoxy) is 4. The highest BCUT2D eigenvalue weighted by Gasteiger charge is 2.84. The molecule has 284 valence electrons. The fourth-order valence-corrected chi connectivity index (χ4v) is 14.0. The van der Waals surface area contributed by atoms with Crippen molar-refractivity contribution in [2.24, 2.45) is 50.7 Å². The molecule has 0 radical (unpaired) electrons. The first-order valence-corrected chi connectivity index (χ1v) is 19.7. The molecule has 5 saturated carbocycles. The summed E-state index contributed by atoms with van der Waals surface area (Å²) in [6.07, 6.45) is 6.13. The number of morpholine rings is 1. The van der Waals surface area contributed by atoms with Gasteiger partial charge in [-0.3, -0.25) is 14.5 Å². The number of nitrogens with zero attached hydrogens (tertiary/aromatic N) is 2. The monoisotopic (exact) mass is 702 g/mol. The van der Waals surface area contributed by atoms with E-state index < -0.39 is 29.9 Å². The molecule has 2 heterocycles. The first-order chi connectivity index (χ1) is 23.2. The van der Waals surface area contributed by atoms with Crippen molar-refractivity contribution in [1.82, 2.24) is 9.80 Å². The number of aliphatic hydroxyl groups is 2. The standard InChI is InChI=1S/C40H66N2O8/c1-23-19-25(34(36(5,6)46)48-24(2)43)49-32-31(23)37(7)15-16-40-22-39(40)14-13-28(50-30-21-42(17-18-47-30)20-29(44)41(9)10)35(3,4)26(39)11-12-27(40)38(37,8)33(32)45/h23,25-28,30-34,45-46H,11-22H2,1-10H3/t23-,25-,26+,27+,28+,30+,31+,32+,33+,34+,37-,38-,39-,40+/m1/s1. The van der Waals surface area contributed by atoms with Gasteiger partial charge in [0.15, 0.2) is 12.4 Å². The second kappa shape index (κ2) is 12.1. The summed E-state index contributed by atoms with van der Waals surface area (Å²) in [6, 6.07) is 0. The predicted molar refractivity (Wildman–Crippen MR) is 188 cm³/mol. The smallest absolute Gasteiger partial charge is 0.303 e. The van der Waals surface area contributed by atoms with Crippen LogP contribution < -0.4 is 0 Å². The van der Waals surface area contributed by atoms with E-state index in [1.807, 2.05) is 0 Å². The molecule has 10 heteroatoms. The molecule has 0 aromatic carbocycles. The third-order valence-corrected chi connectivity index (χ3v) is 16.4. The van der Waals surface area contributed by atoms with E-state index in [1.165, 1.54) is 19.8 Å². The van der Waals surface area contributed by atoms with Crippen LogP contribution in [0.3, 0.4) is 0 Å². The van der Waals surface area contributed by atoms with Gasteiger partial charge in [0.05, 0.1) is 49.7 Å². The molecular weight excluding hydrogens is 636 g/mol. The van der Waals surface area contributed by atoms with Crippen LogP contribution in [0.5, 0.6) is 0 Å².